The number of hydrogen-bond acceptors (Lipinski definition) is 4. The van der Waals surface area contributed by atoms with E-state index in [1.807, 2.05) is 13.2 Å². The van der Waals surface area contributed by atoms with Gasteiger partial charge < -0.3 is 10.4 Å². The van der Waals surface area contributed by atoms with E-state index in [-0.39, 0.29) is 5.56 Å². The first-order valence-electron chi connectivity index (χ1n) is 5.06. The van der Waals surface area contributed by atoms with Gasteiger partial charge in [-0.05, 0) is 12.1 Å². The number of anilines is 1. The molecule has 17 heavy (non-hydrogen) atoms. The van der Waals surface area contributed by atoms with Crippen molar-refractivity contribution in [1.82, 2.24) is 14.8 Å². The van der Waals surface area contributed by atoms with E-state index in [2.05, 4.69) is 15.4 Å². The van der Waals surface area contributed by atoms with Crippen LogP contribution in [0.25, 0.3) is 0 Å². The fourth-order valence-electron chi connectivity index (χ4n) is 1.47. The first-order valence-corrected chi connectivity index (χ1v) is 5.06. The smallest absolute Gasteiger partial charge is 0.339 e. The maximum Gasteiger partial charge on any atom is 0.339 e. The van der Waals surface area contributed by atoms with Gasteiger partial charge in [0.15, 0.2) is 0 Å². The Morgan fingerprint density at radius 3 is 3.06 bits per heavy atom. The van der Waals surface area contributed by atoms with E-state index in [1.165, 1.54) is 6.07 Å². The van der Waals surface area contributed by atoms with Crippen molar-refractivity contribution in [2.75, 3.05) is 5.32 Å². The molecule has 0 aliphatic heterocycles. The van der Waals surface area contributed by atoms with Gasteiger partial charge in [0, 0.05) is 31.5 Å². The van der Waals surface area contributed by atoms with Crippen LogP contribution in [0.1, 0.15) is 15.9 Å². The molecule has 2 aromatic rings. The van der Waals surface area contributed by atoms with E-state index in [0.717, 1.165) is 5.56 Å². The first kappa shape index (κ1) is 11.1. The van der Waals surface area contributed by atoms with Crippen molar-refractivity contribution in [2.24, 2.45) is 7.05 Å². The number of hydrogen-bond donors (Lipinski definition) is 2. The molecular formula is C11H12N4O2. The van der Waals surface area contributed by atoms with Crippen LogP contribution in [0.5, 0.6) is 0 Å². The first-order chi connectivity index (χ1) is 8.16. The molecule has 0 unspecified atom stereocenters. The number of aromatic carboxylic acids is 1. The fourth-order valence-corrected chi connectivity index (χ4v) is 1.47. The maximum atomic E-state index is 10.9. The van der Waals surface area contributed by atoms with Crippen LogP contribution in [0.3, 0.4) is 0 Å². The molecule has 2 aromatic heterocycles. The highest BCUT2D eigenvalue weighted by atomic mass is 16.4. The van der Waals surface area contributed by atoms with Gasteiger partial charge in [-0.2, -0.15) is 5.10 Å². The van der Waals surface area contributed by atoms with Gasteiger partial charge in [0.05, 0.1) is 6.20 Å². The quantitative estimate of drug-likeness (QED) is 0.825. The van der Waals surface area contributed by atoms with Crippen LogP contribution >= 0.6 is 0 Å². The van der Waals surface area contributed by atoms with Gasteiger partial charge in [-0.3, -0.25) is 4.68 Å². The molecule has 0 aliphatic rings. The second-order valence-corrected chi connectivity index (χ2v) is 3.58. The molecule has 6 nitrogen and oxygen atoms in total. The van der Waals surface area contributed by atoms with Crippen LogP contribution in [0, 0.1) is 0 Å². The van der Waals surface area contributed by atoms with Crippen LogP contribution in [-0.2, 0) is 13.6 Å². The summed E-state index contributed by atoms with van der Waals surface area (Å²) >= 11 is 0. The monoisotopic (exact) mass is 232 g/mol. The number of nitrogens with zero attached hydrogens (tertiary/aromatic N) is 3. The molecule has 0 amide bonds. The van der Waals surface area contributed by atoms with Gasteiger partial charge >= 0.3 is 5.97 Å². The van der Waals surface area contributed by atoms with Crippen molar-refractivity contribution < 1.29 is 9.90 Å². The Labute approximate surface area is 97.9 Å². The zero-order valence-electron chi connectivity index (χ0n) is 9.29. The second kappa shape index (κ2) is 4.65. The molecule has 6 heteroatoms. The Morgan fingerprint density at radius 1 is 1.59 bits per heavy atom. The topological polar surface area (TPSA) is 80.0 Å². The molecule has 0 aliphatic carbocycles. The fraction of sp³-hybridized carbons (Fsp3) is 0.182. The average molecular weight is 232 g/mol. The highest BCUT2D eigenvalue weighted by molar-refractivity contribution is 5.92. The van der Waals surface area contributed by atoms with Crippen molar-refractivity contribution in [2.45, 2.75) is 6.54 Å². The lowest BCUT2D eigenvalue weighted by Crippen LogP contribution is -2.07. The largest absolute Gasteiger partial charge is 0.478 e. The second-order valence-electron chi connectivity index (χ2n) is 3.58. The van der Waals surface area contributed by atoms with Crippen molar-refractivity contribution in [1.29, 1.82) is 0 Å². The summed E-state index contributed by atoms with van der Waals surface area (Å²) in [6, 6.07) is 3.11. The number of carboxylic acid groups (broad SMARTS) is 1. The molecule has 0 saturated carbocycles. The number of carboxylic acids is 1. The molecule has 0 aromatic carbocycles. The van der Waals surface area contributed by atoms with Crippen LogP contribution in [0.15, 0.2) is 30.7 Å². The van der Waals surface area contributed by atoms with E-state index < -0.39 is 5.97 Å². The van der Waals surface area contributed by atoms with Gasteiger partial charge in [-0.25, -0.2) is 9.78 Å². The summed E-state index contributed by atoms with van der Waals surface area (Å²) in [5.41, 5.74) is 1.13. The van der Waals surface area contributed by atoms with Crippen LogP contribution < -0.4 is 5.32 Å². The summed E-state index contributed by atoms with van der Waals surface area (Å²) in [7, 11) is 1.83. The van der Waals surface area contributed by atoms with E-state index in [0.29, 0.717) is 12.4 Å². The van der Waals surface area contributed by atoms with Crippen LogP contribution in [-0.4, -0.2) is 25.8 Å². The lowest BCUT2D eigenvalue weighted by molar-refractivity contribution is 0.0697. The number of pyridine rings is 1. The summed E-state index contributed by atoms with van der Waals surface area (Å²) in [6.45, 7) is 0.491. The molecule has 0 saturated heterocycles. The normalized spacial score (nSPS) is 10.2. The molecule has 0 atom stereocenters. The van der Waals surface area contributed by atoms with E-state index in [1.54, 1.807) is 23.1 Å². The molecule has 0 radical (unpaired) electrons. The highest BCUT2D eigenvalue weighted by Gasteiger charge is 2.09. The van der Waals surface area contributed by atoms with Gasteiger partial charge in [0.2, 0.25) is 0 Å². The Morgan fingerprint density at radius 2 is 2.41 bits per heavy atom. The minimum absolute atomic E-state index is 0.163. The Hall–Kier alpha value is -2.37. The molecule has 2 heterocycles. The number of carbonyl (C=O) groups is 1. The number of aromatic nitrogens is 3. The number of rotatable bonds is 4. The summed E-state index contributed by atoms with van der Waals surface area (Å²) in [5.74, 6) is -0.629. The van der Waals surface area contributed by atoms with Gasteiger partial charge in [-0.15, -0.1) is 0 Å². The molecular weight excluding hydrogens is 220 g/mol. The Bertz CT molecular complexity index is 536. The third-order valence-electron chi connectivity index (χ3n) is 2.26. The van der Waals surface area contributed by atoms with Crippen molar-refractivity contribution >= 4 is 11.8 Å². The molecule has 0 fully saturated rings. The Balaban J connectivity index is 2.11. The summed E-state index contributed by atoms with van der Waals surface area (Å²) in [4.78, 5) is 14.9. The summed E-state index contributed by atoms with van der Waals surface area (Å²) in [6.07, 6.45) is 5.13. The third kappa shape index (κ3) is 2.60. The lowest BCUT2D eigenvalue weighted by Gasteiger charge is -2.06. The minimum Gasteiger partial charge on any atom is -0.478 e. The van der Waals surface area contributed by atoms with Crippen molar-refractivity contribution in [3.8, 4) is 0 Å². The minimum atomic E-state index is -0.994. The molecule has 88 valence electrons. The van der Waals surface area contributed by atoms with E-state index >= 15 is 0 Å². The zero-order valence-corrected chi connectivity index (χ0v) is 9.29. The number of nitrogens with one attached hydrogen (secondary N) is 1. The Kier molecular flexibility index (Phi) is 3.04. The third-order valence-corrected chi connectivity index (χ3v) is 2.26. The number of aryl methyl sites for hydroxylation is 1. The van der Waals surface area contributed by atoms with Gasteiger partial charge in [-0.1, -0.05) is 0 Å². The standard InChI is InChI=1S/C11H12N4O2/c1-15-7-8(6-14-15)5-13-10-9(11(16)17)3-2-4-12-10/h2-4,6-7H,5H2,1H3,(H,12,13)(H,16,17). The average Bonchev–Trinajstić information content (AvgIpc) is 2.73. The molecule has 2 rings (SSSR count). The van der Waals surface area contributed by atoms with Crippen LogP contribution in [0.4, 0.5) is 5.82 Å². The zero-order chi connectivity index (χ0) is 12.3. The van der Waals surface area contributed by atoms with E-state index in [9.17, 15) is 4.79 Å². The SMILES string of the molecule is Cn1cc(CNc2ncccc2C(=O)O)cn1. The maximum absolute atomic E-state index is 10.9. The lowest BCUT2D eigenvalue weighted by atomic mass is 10.2. The van der Waals surface area contributed by atoms with E-state index in [4.69, 9.17) is 5.11 Å². The van der Waals surface area contributed by atoms with Gasteiger partial charge in [0.25, 0.3) is 0 Å². The van der Waals surface area contributed by atoms with Crippen LogP contribution in [0.2, 0.25) is 0 Å². The summed E-state index contributed by atoms with van der Waals surface area (Å²) in [5, 5.41) is 16.0. The van der Waals surface area contributed by atoms with Gasteiger partial charge in [0.1, 0.15) is 11.4 Å². The molecule has 0 spiro atoms. The predicted octanol–water partition coefficient (Wildman–Crippen LogP) is 1.13. The molecule has 0 bridgehead atoms. The van der Waals surface area contributed by atoms with Crippen molar-refractivity contribution in [3.63, 3.8) is 0 Å². The highest BCUT2D eigenvalue weighted by Crippen LogP contribution is 2.12. The molecule has 2 N–H and O–H groups in total. The van der Waals surface area contributed by atoms with Crippen molar-refractivity contribution in [3.05, 3.63) is 41.9 Å². The predicted molar refractivity (Wildman–Crippen MR) is 61.7 cm³/mol. The summed E-state index contributed by atoms with van der Waals surface area (Å²) < 4.78 is 1.69.